The van der Waals surface area contributed by atoms with Crippen LogP contribution in [-0.2, 0) is 5.75 Å². The standard InChI is InChI=1S/C14H22IN3S/c1-4-16-14-12(15)13(10-5-6-10)17-11(18-14)8-19-7-9(2)3/h9-10H,4-8H2,1-3H3,(H,16,17,18). The van der Waals surface area contributed by atoms with Gasteiger partial charge in [0.05, 0.1) is 15.0 Å². The third-order valence-corrected chi connectivity index (χ3v) is 5.34. The Bertz CT molecular complexity index is 433. The van der Waals surface area contributed by atoms with Crippen molar-refractivity contribution in [2.24, 2.45) is 5.92 Å². The summed E-state index contributed by atoms with van der Waals surface area (Å²) < 4.78 is 1.22. The highest BCUT2D eigenvalue weighted by atomic mass is 127. The number of hydrogen-bond donors (Lipinski definition) is 1. The van der Waals surface area contributed by atoms with Crippen molar-refractivity contribution in [3.05, 3.63) is 15.1 Å². The minimum Gasteiger partial charge on any atom is -0.369 e. The lowest BCUT2D eigenvalue weighted by molar-refractivity contribution is 0.749. The third-order valence-electron chi connectivity index (χ3n) is 2.91. The lowest BCUT2D eigenvalue weighted by Gasteiger charge is -2.12. The third kappa shape index (κ3) is 4.48. The fraction of sp³-hybridized carbons (Fsp3) is 0.714. The van der Waals surface area contributed by atoms with Gasteiger partial charge in [0.15, 0.2) is 0 Å². The maximum Gasteiger partial charge on any atom is 0.143 e. The predicted octanol–water partition coefficient (Wildman–Crippen LogP) is 4.28. The van der Waals surface area contributed by atoms with E-state index in [2.05, 4.69) is 53.7 Å². The first-order valence-electron chi connectivity index (χ1n) is 6.99. The van der Waals surface area contributed by atoms with E-state index in [1.165, 1.54) is 27.9 Å². The molecule has 0 spiro atoms. The summed E-state index contributed by atoms with van der Waals surface area (Å²) in [6.45, 7) is 7.53. The van der Waals surface area contributed by atoms with Crippen LogP contribution in [0, 0.1) is 9.49 Å². The van der Waals surface area contributed by atoms with Crippen LogP contribution >= 0.6 is 34.4 Å². The van der Waals surface area contributed by atoms with Crippen molar-refractivity contribution >= 4 is 40.2 Å². The molecule has 1 N–H and O–H groups in total. The molecule has 5 heteroatoms. The first-order valence-corrected chi connectivity index (χ1v) is 9.23. The molecule has 1 fully saturated rings. The SMILES string of the molecule is CCNc1nc(CSCC(C)C)nc(C2CC2)c1I. The van der Waals surface area contributed by atoms with Crippen LogP contribution in [0.15, 0.2) is 0 Å². The van der Waals surface area contributed by atoms with Gasteiger partial charge in [0.25, 0.3) is 0 Å². The molecule has 0 unspecified atom stereocenters. The summed E-state index contributed by atoms with van der Waals surface area (Å²) in [5, 5.41) is 3.37. The molecule has 0 amide bonds. The molecular weight excluding hydrogens is 369 g/mol. The summed E-state index contributed by atoms with van der Waals surface area (Å²) in [6.07, 6.45) is 2.58. The Morgan fingerprint density at radius 3 is 2.68 bits per heavy atom. The van der Waals surface area contributed by atoms with Gasteiger partial charge >= 0.3 is 0 Å². The second-order valence-corrected chi connectivity index (χ2v) is 7.51. The van der Waals surface area contributed by atoms with Gasteiger partial charge in [0.1, 0.15) is 11.6 Å². The van der Waals surface area contributed by atoms with Gasteiger partial charge in [-0.25, -0.2) is 9.97 Å². The van der Waals surface area contributed by atoms with Crippen molar-refractivity contribution in [3.8, 4) is 0 Å². The molecule has 1 aliphatic rings. The van der Waals surface area contributed by atoms with Gasteiger partial charge in [-0.15, -0.1) is 0 Å². The number of thioether (sulfide) groups is 1. The molecular formula is C14H22IN3S. The summed E-state index contributed by atoms with van der Waals surface area (Å²) in [7, 11) is 0. The zero-order valence-corrected chi connectivity index (χ0v) is 14.8. The van der Waals surface area contributed by atoms with Crippen LogP contribution in [0.3, 0.4) is 0 Å². The Morgan fingerprint density at radius 1 is 1.37 bits per heavy atom. The van der Waals surface area contributed by atoms with Crippen LogP contribution in [-0.4, -0.2) is 22.3 Å². The molecule has 106 valence electrons. The molecule has 0 radical (unpaired) electrons. The molecule has 0 saturated heterocycles. The Hall–Kier alpha value is -0.0400. The number of rotatable bonds is 7. The lowest BCUT2D eigenvalue weighted by atomic mass is 10.2. The Balaban J connectivity index is 2.13. The van der Waals surface area contributed by atoms with E-state index in [-0.39, 0.29) is 0 Å². The molecule has 2 rings (SSSR count). The van der Waals surface area contributed by atoms with Crippen molar-refractivity contribution in [2.75, 3.05) is 17.6 Å². The van der Waals surface area contributed by atoms with E-state index < -0.39 is 0 Å². The first-order chi connectivity index (χ1) is 9.11. The van der Waals surface area contributed by atoms with Crippen LogP contribution in [0.5, 0.6) is 0 Å². The maximum atomic E-state index is 4.79. The van der Waals surface area contributed by atoms with Gasteiger partial charge in [0, 0.05) is 12.5 Å². The van der Waals surface area contributed by atoms with Gasteiger partial charge < -0.3 is 5.32 Å². The topological polar surface area (TPSA) is 37.8 Å². The molecule has 0 bridgehead atoms. The number of aromatic nitrogens is 2. The van der Waals surface area contributed by atoms with Crippen LogP contribution in [0.2, 0.25) is 0 Å². The average Bonchev–Trinajstić information content (AvgIpc) is 3.17. The van der Waals surface area contributed by atoms with Crippen LogP contribution < -0.4 is 5.32 Å². The van der Waals surface area contributed by atoms with Crippen molar-refractivity contribution in [1.29, 1.82) is 0 Å². The van der Waals surface area contributed by atoms with E-state index in [1.807, 2.05) is 11.8 Å². The van der Waals surface area contributed by atoms with Crippen molar-refractivity contribution in [3.63, 3.8) is 0 Å². The van der Waals surface area contributed by atoms with Crippen LogP contribution in [0.4, 0.5) is 5.82 Å². The van der Waals surface area contributed by atoms with Crippen molar-refractivity contribution in [2.45, 2.75) is 45.3 Å². The number of nitrogens with one attached hydrogen (secondary N) is 1. The Kier molecular flexibility index (Phi) is 5.74. The monoisotopic (exact) mass is 391 g/mol. The highest BCUT2D eigenvalue weighted by Gasteiger charge is 2.29. The van der Waals surface area contributed by atoms with Crippen molar-refractivity contribution in [1.82, 2.24) is 9.97 Å². The van der Waals surface area contributed by atoms with E-state index >= 15 is 0 Å². The van der Waals surface area contributed by atoms with E-state index in [1.54, 1.807) is 0 Å². The number of hydrogen-bond acceptors (Lipinski definition) is 4. The molecule has 1 saturated carbocycles. The number of halogens is 1. The summed E-state index contributed by atoms with van der Waals surface area (Å²) in [5.41, 5.74) is 1.27. The van der Waals surface area contributed by atoms with Gasteiger partial charge in [0.2, 0.25) is 0 Å². The van der Waals surface area contributed by atoms with Gasteiger partial charge in [-0.3, -0.25) is 0 Å². The first kappa shape index (κ1) is 15.4. The average molecular weight is 391 g/mol. The zero-order valence-electron chi connectivity index (χ0n) is 11.9. The maximum absolute atomic E-state index is 4.79. The lowest BCUT2D eigenvalue weighted by Crippen LogP contribution is -2.09. The van der Waals surface area contributed by atoms with Gasteiger partial charge in [-0.05, 0) is 54.0 Å². The highest BCUT2D eigenvalue weighted by molar-refractivity contribution is 14.1. The summed E-state index contributed by atoms with van der Waals surface area (Å²) in [6, 6.07) is 0. The van der Waals surface area contributed by atoms with Gasteiger partial charge in [-0.2, -0.15) is 11.8 Å². The number of anilines is 1. The molecule has 1 heterocycles. The summed E-state index contributed by atoms with van der Waals surface area (Å²) >= 11 is 4.32. The predicted molar refractivity (Wildman–Crippen MR) is 91.9 cm³/mol. The van der Waals surface area contributed by atoms with E-state index in [4.69, 9.17) is 4.98 Å². The second-order valence-electron chi connectivity index (χ2n) is 5.40. The van der Waals surface area contributed by atoms with Crippen LogP contribution in [0.25, 0.3) is 0 Å². The molecule has 0 aromatic carbocycles. The van der Waals surface area contributed by atoms with Gasteiger partial charge in [-0.1, -0.05) is 13.8 Å². The molecule has 3 nitrogen and oxygen atoms in total. The van der Waals surface area contributed by atoms with E-state index in [0.29, 0.717) is 5.92 Å². The Morgan fingerprint density at radius 2 is 2.11 bits per heavy atom. The normalized spacial score (nSPS) is 15.0. The minimum absolute atomic E-state index is 0.682. The largest absolute Gasteiger partial charge is 0.369 e. The second kappa shape index (κ2) is 7.11. The van der Waals surface area contributed by atoms with Crippen LogP contribution in [0.1, 0.15) is 51.0 Å². The molecule has 1 aromatic heterocycles. The fourth-order valence-corrected chi connectivity index (χ4v) is 3.65. The molecule has 19 heavy (non-hydrogen) atoms. The summed E-state index contributed by atoms with van der Waals surface area (Å²) in [4.78, 5) is 9.47. The molecule has 1 aromatic rings. The zero-order chi connectivity index (χ0) is 13.8. The smallest absolute Gasteiger partial charge is 0.143 e. The fourth-order valence-electron chi connectivity index (χ4n) is 1.87. The summed E-state index contributed by atoms with van der Waals surface area (Å²) in [5.74, 6) is 5.52. The Labute approximate surface area is 133 Å². The minimum atomic E-state index is 0.682. The van der Waals surface area contributed by atoms with E-state index in [0.717, 1.165) is 29.9 Å². The highest BCUT2D eigenvalue weighted by Crippen LogP contribution is 2.42. The van der Waals surface area contributed by atoms with E-state index in [9.17, 15) is 0 Å². The quantitative estimate of drug-likeness (QED) is 0.705. The molecule has 1 aliphatic carbocycles. The molecule has 0 atom stereocenters. The number of nitrogens with zero attached hydrogens (tertiary/aromatic N) is 2. The molecule has 0 aliphatic heterocycles. The van der Waals surface area contributed by atoms with Crippen molar-refractivity contribution < 1.29 is 0 Å².